The lowest BCUT2D eigenvalue weighted by molar-refractivity contribution is -0.682. The lowest BCUT2D eigenvalue weighted by Crippen LogP contribution is -2.39. The van der Waals surface area contributed by atoms with Gasteiger partial charge in [-0.15, -0.1) is 11.3 Å². The van der Waals surface area contributed by atoms with Crippen LogP contribution in [-0.4, -0.2) is 18.5 Å². The van der Waals surface area contributed by atoms with Crippen LogP contribution in [-0.2, 0) is 16.1 Å². The molecule has 1 amide bonds. The minimum Gasteiger partial charge on any atom is -0.462 e. The zero-order valence-electron chi connectivity index (χ0n) is 15.0. The van der Waals surface area contributed by atoms with Gasteiger partial charge in [0.05, 0.1) is 12.2 Å². The average molecular weight is 369 g/mol. The smallest absolute Gasteiger partial charge is 0.341 e. The molecule has 5 nitrogen and oxygen atoms in total. The molecular formula is C20H21N2O3S+. The van der Waals surface area contributed by atoms with Crippen molar-refractivity contribution >= 4 is 39.0 Å². The first-order chi connectivity index (χ1) is 12.5. The molecule has 1 N–H and O–H groups in total. The number of fused-ring (bicyclic) bond motifs is 1. The van der Waals surface area contributed by atoms with Crippen LogP contribution in [0.3, 0.4) is 0 Å². The SMILES string of the molecule is CCOC(=O)c1c(NC(=O)C[n+]2ccc3ccccc3c2)sc(C)c1C. The van der Waals surface area contributed by atoms with Gasteiger partial charge >= 0.3 is 5.97 Å². The Morgan fingerprint density at radius 2 is 1.88 bits per heavy atom. The van der Waals surface area contributed by atoms with Gasteiger partial charge in [-0.05, 0) is 37.8 Å². The van der Waals surface area contributed by atoms with Gasteiger partial charge in [-0.1, -0.05) is 18.2 Å². The van der Waals surface area contributed by atoms with Gasteiger partial charge in [0.25, 0.3) is 5.91 Å². The molecule has 3 rings (SSSR count). The van der Waals surface area contributed by atoms with Crippen LogP contribution < -0.4 is 9.88 Å². The molecular weight excluding hydrogens is 348 g/mol. The molecule has 1 aromatic carbocycles. The highest BCUT2D eigenvalue weighted by Crippen LogP contribution is 2.33. The van der Waals surface area contributed by atoms with Crippen LogP contribution in [0.2, 0.25) is 0 Å². The van der Waals surface area contributed by atoms with Gasteiger partial charge in [-0.25, -0.2) is 4.79 Å². The second kappa shape index (κ2) is 7.66. The summed E-state index contributed by atoms with van der Waals surface area (Å²) >= 11 is 1.39. The van der Waals surface area contributed by atoms with E-state index in [-0.39, 0.29) is 12.5 Å². The molecule has 0 spiro atoms. The third-order valence-electron chi connectivity index (χ3n) is 4.19. The Hall–Kier alpha value is -2.73. The van der Waals surface area contributed by atoms with Crippen molar-refractivity contribution in [2.24, 2.45) is 0 Å². The summed E-state index contributed by atoms with van der Waals surface area (Å²) in [4.78, 5) is 25.7. The first-order valence-corrected chi connectivity index (χ1v) is 9.26. The van der Waals surface area contributed by atoms with Crippen LogP contribution >= 0.6 is 11.3 Å². The summed E-state index contributed by atoms with van der Waals surface area (Å²) in [6, 6.07) is 9.97. The number of esters is 1. The molecule has 0 aliphatic heterocycles. The van der Waals surface area contributed by atoms with Gasteiger partial charge in [-0.3, -0.25) is 4.79 Å². The van der Waals surface area contributed by atoms with Gasteiger partial charge < -0.3 is 10.1 Å². The lowest BCUT2D eigenvalue weighted by Gasteiger charge is -2.06. The second-order valence-corrected chi connectivity index (χ2v) is 7.23. The lowest BCUT2D eigenvalue weighted by atomic mass is 10.1. The van der Waals surface area contributed by atoms with E-state index in [4.69, 9.17) is 4.74 Å². The number of nitrogens with zero attached hydrogens (tertiary/aromatic N) is 1. The minimum absolute atomic E-state index is 0.170. The maximum Gasteiger partial charge on any atom is 0.341 e. The van der Waals surface area contributed by atoms with Crippen LogP contribution in [0.1, 0.15) is 27.7 Å². The monoisotopic (exact) mass is 369 g/mol. The number of aromatic nitrogens is 1. The van der Waals surface area contributed by atoms with Crippen LogP contribution in [0, 0.1) is 13.8 Å². The topological polar surface area (TPSA) is 59.3 Å². The fourth-order valence-electron chi connectivity index (χ4n) is 2.77. The number of carbonyl (C=O) groups excluding carboxylic acids is 2. The van der Waals surface area contributed by atoms with Crippen molar-refractivity contribution in [3.63, 3.8) is 0 Å². The average Bonchev–Trinajstić information content (AvgIpc) is 2.88. The van der Waals surface area contributed by atoms with Gasteiger partial charge in [0.15, 0.2) is 12.4 Å². The molecule has 2 aromatic heterocycles. The zero-order valence-corrected chi connectivity index (χ0v) is 15.9. The molecule has 0 unspecified atom stereocenters. The van der Waals surface area contributed by atoms with E-state index in [0.29, 0.717) is 17.2 Å². The van der Waals surface area contributed by atoms with Crippen molar-refractivity contribution in [3.05, 3.63) is 58.7 Å². The van der Waals surface area contributed by atoms with E-state index in [1.165, 1.54) is 11.3 Å². The number of nitrogens with one attached hydrogen (secondary N) is 1. The number of amides is 1. The van der Waals surface area contributed by atoms with Crippen molar-refractivity contribution in [2.75, 3.05) is 11.9 Å². The molecule has 0 atom stereocenters. The van der Waals surface area contributed by atoms with E-state index in [2.05, 4.69) is 5.32 Å². The predicted molar refractivity (Wildman–Crippen MR) is 103 cm³/mol. The van der Waals surface area contributed by atoms with Crippen LogP contribution in [0.5, 0.6) is 0 Å². The molecule has 0 saturated heterocycles. The summed E-state index contributed by atoms with van der Waals surface area (Å²) in [6.07, 6.45) is 3.81. The molecule has 6 heteroatoms. The van der Waals surface area contributed by atoms with E-state index in [9.17, 15) is 9.59 Å². The number of aryl methyl sites for hydroxylation is 1. The summed E-state index contributed by atoms with van der Waals surface area (Å²) in [6.45, 7) is 6.03. The highest BCUT2D eigenvalue weighted by molar-refractivity contribution is 7.16. The Labute approximate surface area is 156 Å². The highest BCUT2D eigenvalue weighted by atomic mass is 32.1. The molecule has 3 aromatic rings. The summed E-state index contributed by atoms with van der Waals surface area (Å²) in [7, 11) is 0. The number of hydrogen-bond donors (Lipinski definition) is 1. The first-order valence-electron chi connectivity index (χ1n) is 8.44. The molecule has 134 valence electrons. The van der Waals surface area contributed by atoms with E-state index >= 15 is 0 Å². The van der Waals surface area contributed by atoms with Crippen LogP contribution in [0.25, 0.3) is 10.8 Å². The van der Waals surface area contributed by atoms with Crippen molar-refractivity contribution in [3.8, 4) is 0 Å². The number of hydrogen-bond acceptors (Lipinski definition) is 4. The predicted octanol–water partition coefficient (Wildman–Crippen LogP) is 3.62. The Balaban J connectivity index is 1.79. The van der Waals surface area contributed by atoms with Crippen LogP contribution in [0.15, 0.2) is 42.7 Å². The molecule has 0 bridgehead atoms. The Morgan fingerprint density at radius 3 is 2.62 bits per heavy atom. The number of rotatable bonds is 5. The van der Waals surface area contributed by atoms with Crippen molar-refractivity contribution in [2.45, 2.75) is 27.3 Å². The van der Waals surface area contributed by atoms with E-state index < -0.39 is 5.97 Å². The molecule has 0 aliphatic rings. The number of anilines is 1. The molecule has 0 radical (unpaired) electrons. The van der Waals surface area contributed by atoms with Gasteiger partial charge in [0.2, 0.25) is 6.54 Å². The summed E-state index contributed by atoms with van der Waals surface area (Å²) in [5, 5.41) is 5.60. The standard InChI is InChI=1S/C20H20N2O3S/c1-4-25-20(24)18-13(2)14(3)26-19(18)21-17(23)12-22-10-9-15-7-5-6-8-16(15)11-22/h5-11H,4,12H2,1-3H3/p+1. The molecule has 0 fully saturated rings. The fraction of sp³-hybridized carbons (Fsp3) is 0.250. The van der Waals surface area contributed by atoms with Gasteiger partial charge in [-0.2, -0.15) is 4.57 Å². The van der Waals surface area contributed by atoms with Crippen LogP contribution in [0.4, 0.5) is 5.00 Å². The molecule has 0 saturated carbocycles. The Bertz CT molecular complexity index is 978. The number of benzene rings is 1. The largest absolute Gasteiger partial charge is 0.462 e. The quantitative estimate of drug-likeness (QED) is 0.552. The normalized spacial score (nSPS) is 10.7. The summed E-state index contributed by atoms with van der Waals surface area (Å²) < 4.78 is 6.95. The fourth-order valence-corrected chi connectivity index (χ4v) is 3.84. The third kappa shape index (κ3) is 3.75. The maximum atomic E-state index is 12.5. The number of thiophene rings is 1. The molecule has 0 aliphatic carbocycles. The zero-order chi connectivity index (χ0) is 18.7. The van der Waals surface area contributed by atoms with Gasteiger partial charge in [0.1, 0.15) is 5.00 Å². The van der Waals surface area contributed by atoms with Crippen molar-refractivity contribution in [1.29, 1.82) is 0 Å². The third-order valence-corrected chi connectivity index (χ3v) is 5.31. The number of carbonyl (C=O) groups is 2. The van der Waals surface area contributed by atoms with E-state index in [1.54, 1.807) is 6.92 Å². The molecule has 26 heavy (non-hydrogen) atoms. The minimum atomic E-state index is -0.400. The second-order valence-electron chi connectivity index (χ2n) is 6.00. The molecule has 2 heterocycles. The summed E-state index contributed by atoms with van der Waals surface area (Å²) in [5.74, 6) is -0.583. The highest BCUT2D eigenvalue weighted by Gasteiger charge is 2.23. The maximum absolute atomic E-state index is 12.5. The van der Waals surface area contributed by atoms with E-state index in [1.807, 2.05) is 61.1 Å². The van der Waals surface area contributed by atoms with E-state index in [0.717, 1.165) is 21.2 Å². The number of ether oxygens (including phenoxy) is 1. The summed E-state index contributed by atoms with van der Waals surface area (Å²) in [5.41, 5.74) is 1.30. The van der Waals surface area contributed by atoms with Gasteiger partial charge in [0, 0.05) is 16.3 Å². The Morgan fingerprint density at radius 1 is 1.15 bits per heavy atom. The Kier molecular flexibility index (Phi) is 5.32. The number of pyridine rings is 1. The van der Waals surface area contributed by atoms with Crippen molar-refractivity contribution < 1.29 is 18.9 Å². The van der Waals surface area contributed by atoms with Crippen molar-refractivity contribution in [1.82, 2.24) is 0 Å². The first kappa shape index (κ1) is 18.1.